The lowest BCUT2D eigenvalue weighted by atomic mass is 10.0. The molecule has 0 saturated carbocycles. The lowest BCUT2D eigenvalue weighted by Crippen LogP contribution is -2.05. The van der Waals surface area contributed by atoms with Gasteiger partial charge in [-0.3, -0.25) is 0 Å². The SMILES string of the molecule is Fc1cccc(-c2cc[c]c(C(F)(F)F)c2)c1F. The second-order valence-corrected chi connectivity index (χ2v) is 3.59. The van der Waals surface area contributed by atoms with Gasteiger partial charge in [-0.05, 0) is 23.8 Å². The Morgan fingerprint density at radius 2 is 1.72 bits per heavy atom. The Hall–Kier alpha value is -1.91. The van der Waals surface area contributed by atoms with Gasteiger partial charge in [-0.15, -0.1) is 0 Å². The molecule has 0 unspecified atom stereocenters. The van der Waals surface area contributed by atoms with Gasteiger partial charge in [-0.1, -0.05) is 24.3 Å². The van der Waals surface area contributed by atoms with Crippen molar-refractivity contribution in [2.24, 2.45) is 0 Å². The summed E-state index contributed by atoms with van der Waals surface area (Å²) in [7, 11) is 0. The van der Waals surface area contributed by atoms with Gasteiger partial charge in [0.2, 0.25) is 0 Å². The molecule has 0 bridgehead atoms. The summed E-state index contributed by atoms with van der Waals surface area (Å²) < 4.78 is 63.8. The Morgan fingerprint density at radius 3 is 2.39 bits per heavy atom. The van der Waals surface area contributed by atoms with Crippen molar-refractivity contribution in [3.05, 3.63) is 59.7 Å². The van der Waals surface area contributed by atoms with Gasteiger partial charge in [0.05, 0.1) is 5.56 Å². The fraction of sp³-hybridized carbons (Fsp3) is 0.0769. The summed E-state index contributed by atoms with van der Waals surface area (Å²) in [5, 5.41) is 0. The second kappa shape index (κ2) is 4.40. The zero-order valence-electron chi connectivity index (χ0n) is 8.85. The van der Waals surface area contributed by atoms with Gasteiger partial charge in [-0.25, -0.2) is 8.78 Å². The van der Waals surface area contributed by atoms with E-state index in [1.165, 1.54) is 18.2 Å². The molecular formula is C13H6F5. The van der Waals surface area contributed by atoms with Crippen LogP contribution in [0.25, 0.3) is 11.1 Å². The van der Waals surface area contributed by atoms with E-state index in [-0.39, 0.29) is 11.1 Å². The van der Waals surface area contributed by atoms with E-state index in [1.54, 1.807) is 0 Å². The molecular weight excluding hydrogens is 251 g/mol. The average molecular weight is 257 g/mol. The van der Waals surface area contributed by atoms with Crippen LogP contribution in [0.5, 0.6) is 0 Å². The predicted octanol–water partition coefficient (Wildman–Crippen LogP) is 4.45. The van der Waals surface area contributed by atoms with Crippen LogP contribution in [0.15, 0.2) is 36.4 Å². The molecule has 2 aromatic rings. The largest absolute Gasteiger partial charge is 0.417 e. The monoisotopic (exact) mass is 257 g/mol. The molecule has 0 fully saturated rings. The zero-order chi connectivity index (χ0) is 13.3. The number of halogens is 5. The molecule has 1 radical (unpaired) electrons. The molecule has 0 aliphatic rings. The van der Waals surface area contributed by atoms with Crippen LogP contribution in [-0.2, 0) is 6.18 Å². The highest BCUT2D eigenvalue weighted by Crippen LogP contribution is 2.32. The topological polar surface area (TPSA) is 0 Å². The maximum absolute atomic E-state index is 13.4. The zero-order valence-corrected chi connectivity index (χ0v) is 8.85. The Labute approximate surface area is 99.7 Å². The van der Waals surface area contributed by atoms with Crippen LogP contribution < -0.4 is 0 Å². The maximum Gasteiger partial charge on any atom is 0.417 e. The summed E-state index contributed by atoms with van der Waals surface area (Å²) >= 11 is 0. The molecule has 0 heterocycles. The maximum atomic E-state index is 13.4. The third-order valence-corrected chi connectivity index (χ3v) is 2.37. The first-order valence-electron chi connectivity index (χ1n) is 4.93. The number of benzene rings is 2. The molecule has 0 aliphatic heterocycles. The number of hydrogen-bond acceptors (Lipinski definition) is 0. The molecule has 2 rings (SSSR count). The number of alkyl halides is 3. The van der Waals surface area contributed by atoms with Gasteiger partial charge >= 0.3 is 6.18 Å². The lowest BCUT2D eigenvalue weighted by molar-refractivity contribution is -0.137. The standard InChI is InChI=1S/C13H6F5/c14-11-6-2-5-10(12(11)15)8-3-1-4-9(7-8)13(16,17)18/h1-3,5-7H. The summed E-state index contributed by atoms with van der Waals surface area (Å²) in [6.45, 7) is 0. The van der Waals surface area contributed by atoms with Crippen LogP contribution in [0.3, 0.4) is 0 Å². The lowest BCUT2D eigenvalue weighted by Gasteiger charge is -2.09. The molecule has 0 nitrogen and oxygen atoms in total. The van der Waals surface area contributed by atoms with Gasteiger partial charge in [0, 0.05) is 5.56 Å². The minimum atomic E-state index is -4.57. The van der Waals surface area contributed by atoms with Crippen molar-refractivity contribution in [3.63, 3.8) is 0 Å². The van der Waals surface area contributed by atoms with Crippen molar-refractivity contribution in [2.45, 2.75) is 6.18 Å². The van der Waals surface area contributed by atoms with Gasteiger partial charge in [-0.2, -0.15) is 13.2 Å². The fourth-order valence-electron chi connectivity index (χ4n) is 1.52. The van der Waals surface area contributed by atoms with Crippen LogP contribution in [0.2, 0.25) is 0 Å². The molecule has 0 spiro atoms. The minimum Gasteiger partial charge on any atom is -0.204 e. The van der Waals surface area contributed by atoms with Crippen molar-refractivity contribution in [2.75, 3.05) is 0 Å². The molecule has 93 valence electrons. The molecule has 0 saturated heterocycles. The molecule has 0 aromatic heterocycles. The van der Waals surface area contributed by atoms with Crippen molar-refractivity contribution in [1.29, 1.82) is 0 Å². The van der Waals surface area contributed by atoms with Crippen molar-refractivity contribution in [1.82, 2.24) is 0 Å². The predicted molar refractivity (Wildman–Crippen MR) is 55.6 cm³/mol. The van der Waals surface area contributed by atoms with Crippen molar-refractivity contribution >= 4 is 0 Å². The normalized spacial score (nSPS) is 11.6. The van der Waals surface area contributed by atoms with E-state index in [4.69, 9.17) is 0 Å². The van der Waals surface area contributed by atoms with E-state index in [1.807, 2.05) is 6.07 Å². The first-order valence-corrected chi connectivity index (χ1v) is 4.93. The van der Waals surface area contributed by atoms with Crippen LogP contribution >= 0.6 is 0 Å². The first-order chi connectivity index (χ1) is 8.39. The van der Waals surface area contributed by atoms with E-state index in [2.05, 4.69) is 0 Å². The Kier molecular flexibility index (Phi) is 3.07. The smallest absolute Gasteiger partial charge is 0.204 e. The third-order valence-electron chi connectivity index (χ3n) is 2.37. The van der Waals surface area contributed by atoms with Crippen LogP contribution in [0.1, 0.15) is 5.56 Å². The summed E-state index contributed by atoms with van der Waals surface area (Å²) in [6, 6.07) is 8.37. The van der Waals surface area contributed by atoms with Crippen molar-refractivity contribution in [3.8, 4) is 11.1 Å². The fourth-order valence-corrected chi connectivity index (χ4v) is 1.52. The van der Waals surface area contributed by atoms with E-state index >= 15 is 0 Å². The molecule has 0 aliphatic carbocycles. The molecule has 0 atom stereocenters. The van der Waals surface area contributed by atoms with E-state index in [0.29, 0.717) is 0 Å². The highest BCUT2D eigenvalue weighted by atomic mass is 19.4. The number of rotatable bonds is 1. The Bertz CT molecular complexity index is 572. The van der Waals surface area contributed by atoms with Crippen LogP contribution in [-0.4, -0.2) is 0 Å². The second-order valence-electron chi connectivity index (χ2n) is 3.59. The summed E-state index contributed by atoms with van der Waals surface area (Å²) in [6.07, 6.45) is -4.57. The molecule has 2 aromatic carbocycles. The summed E-state index contributed by atoms with van der Waals surface area (Å²) in [4.78, 5) is 0. The minimum absolute atomic E-state index is 0.0434. The third kappa shape index (κ3) is 2.34. The van der Waals surface area contributed by atoms with Gasteiger partial charge < -0.3 is 0 Å². The summed E-state index contributed by atoms with van der Waals surface area (Å²) in [5.41, 5.74) is -1.28. The van der Waals surface area contributed by atoms with Crippen molar-refractivity contribution < 1.29 is 22.0 Å². The van der Waals surface area contributed by atoms with E-state index in [9.17, 15) is 22.0 Å². The molecule has 5 heteroatoms. The average Bonchev–Trinajstić information content (AvgIpc) is 2.32. The van der Waals surface area contributed by atoms with Gasteiger partial charge in [0.25, 0.3) is 0 Å². The van der Waals surface area contributed by atoms with E-state index in [0.717, 1.165) is 18.2 Å². The van der Waals surface area contributed by atoms with Crippen LogP contribution in [0, 0.1) is 17.7 Å². The molecule has 0 N–H and O–H groups in total. The molecule has 18 heavy (non-hydrogen) atoms. The highest BCUT2D eigenvalue weighted by molar-refractivity contribution is 5.65. The van der Waals surface area contributed by atoms with Gasteiger partial charge in [0.15, 0.2) is 11.6 Å². The van der Waals surface area contributed by atoms with E-state index < -0.39 is 23.4 Å². The van der Waals surface area contributed by atoms with Crippen LogP contribution in [0.4, 0.5) is 22.0 Å². The number of hydrogen-bond donors (Lipinski definition) is 0. The Morgan fingerprint density at radius 1 is 1.00 bits per heavy atom. The summed E-state index contributed by atoms with van der Waals surface area (Å²) in [5.74, 6) is -2.27. The van der Waals surface area contributed by atoms with Gasteiger partial charge in [0.1, 0.15) is 0 Å². The molecule has 0 amide bonds. The quantitative estimate of drug-likeness (QED) is 0.662. The highest BCUT2D eigenvalue weighted by Gasteiger charge is 2.31. The first kappa shape index (κ1) is 12.5. The Balaban J connectivity index is 2.55.